The maximum atomic E-state index is 12.5. The Hall–Kier alpha value is -2.38. The van der Waals surface area contributed by atoms with Gasteiger partial charge in [-0.3, -0.25) is 9.69 Å². The SMILES string of the molecule is COc1ccc2c(C)c(CC(=O)NCCN3CCOCC3)c(=O)oc2c1C. The number of nitrogens with one attached hydrogen (secondary N) is 1. The molecule has 1 aliphatic heterocycles. The minimum absolute atomic E-state index is 0.0122. The van der Waals surface area contributed by atoms with Crippen LogP contribution >= 0.6 is 0 Å². The summed E-state index contributed by atoms with van der Waals surface area (Å²) in [6.07, 6.45) is 0.0122. The number of methoxy groups -OCH3 is 1. The molecule has 0 saturated carbocycles. The van der Waals surface area contributed by atoms with Crippen molar-refractivity contribution >= 4 is 16.9 Å². The van der Waals surface area contributed by atoms with Crippen LogP contribution in [-0.2, 0) is 16.0 Å². The summed E-state index contributed by atoms with van der Waals surface area (Å²) in [5, 5.41) is 3.71. The number of hydrogen-bond donors (Lipinski definition) is 1. The normalized spacial score (nSPS) is 15.1. The average Bonchev–Trinajstić information content (AvgIpc) is 2.67. The van der Waals surface area contributed by atoms with E-state index in [9.17, 15) is 9.59 Å². The van der Waals surface area contributed by atoms with E-state index in [1.807, 2.05) is 26.0 Å². The molecule has 0 unspecified atom stereocenters. The Balaban J connectivity index is 1.70. The van der Waals surface area contributed by atoms with Crippen LogP contribution in [0.25, 0.3) is 11.0 Å². The van der Waals surface area contributed by atoms with Crippen molar-refractivity contribution in [3.63, 3.8) is 0 Å². The molecule has 1 saturated heterocycles. The lowest BCUT2D eigenvalue weighted by Gasteiger charge is -2.26. The number of ether oxygens (including phenoxy) is 2. The molecular weight excluding hydrogens is 348 g/mol. The van der Waals surface area contributed by atoms with E-state index in [0.29, 0.717) is 23.4 Å². The molecule has 1 amide bonds. The maximum absolute atomic E-state index is 12.5. The number of rotatable bonds is 6. The molecule has 2 heterocycles. The Morgan fingerprint density at radius 2 is 1.96 bits per heavy atom. The molecule has 0 bridgehead atoms. The van der Waals surface area contributed by atoms with Gasteiger partial charge in [0, 0.05) is 37.1 Å². The molecule has 27 heavy (non-hydrogen) atoms. The van der Waals surface area contributed by atoms with E-state index in [0.717, 1.165) is 49.4 Å². The number of morpholine rings is 1. The number of hydrogen-bond acceptors (Lipinski definition) is 6. The molecule has 0 radical (unpaired) electrons. The molecule has 2 aromatic rings. The highest BCUT2D eigenvalue weighted by atomic mass is 16.5. The Bertz CT molecular complexity index is 884. The molecular formula is C20H26N2O5. The van der Waals surface area contributed by atoms with Crippen molar-refractivity contribution in [1.29, 1.82) is 0 Å². The zero-order valence-electron chi connectivity index (χ0n) is 16.1. The van der Waals surface area contributed by atoms with E-state index in [1.165, 1.54) is 0 Å². The maximum Gasteiger partial charge on any atom is 0.340 e. The molecule has 1 N–H and O–H groups in total. The lowest BCUT2D eigenvalue weighted by atomic mass is 10.0. The second-order valence-corrected chi connectivity index (χ2v) is 6.74. The molecule has 146 valence electrons. The fourth-order valence-corrected chi connectivity index (χ4v) is 3.40. The van der Waals surface area contributed by atoms with Gasteiger partial charge in [0.05, 0.1) is 32.3 Å². The van der Waals surface area contributed by atoms with Crippen molar-refractivity contribution in [2.75, 3.05) is 46.5 Å². The zero-order valence-corrected chi connectivity index (χ0v) is 16.1. The Morgan fingerprint density at radius 1 is 1.22 bits per heavy atom. The number of nitrogens with zero attached hydrogens (tertiary/aromatic N) is 1. The first-order valence-corrected chi connectivity index (χ1v) is 9.18. The predicted octanol–water partition coefficient (Wildman–Crippen LogP) is 1.41. The van der Waals surface area contributed by atoms with Gasteiger partial charge in [-0.05, 0) is 31.5 Å². The van der Waals surface area contributed by atoms with Crippen LogP contribution in [0.3, 0.4) is 0 Å². The van der Waals surface area contributed by atoms with Gasteiger partial charge in [-0.1, -0.05) is 0 Å². The van der Waals surface area contributed by atoms with Crippen LogP contribution in [0.2, 0.25) is 0 Å². The number of carbonyl (C=O) groups is 1. The fourth-order valence-electron chi connectivity index (χ4n) is 3.40. The summed E-state index contributed by atoms with van der Waals surface area (Å²) in [6.45, 7) is 8.25. The van der Waals surface area contributed by atoms with Crippen LogP contribution in [0.15, 0.2) is 21.3 Å². The molecule has 1 aromatic carbocycles. The largest absolute Gasteiger partial charge is 0.496 e. The topological polar surface area (TPSA) is 81.0 Å². The summed E-state index contributed by atoms with van der Waals surface area (Å²) >= 11 is 0. The van der Waals surface area contributed by atoms with Crippen molar-refractivity contribution in [2.45, 2.75) is 20.3 Å². The molecule has 0 spiro atoms. The van der Waals surface area contributed by atoms with Crippen LogP contribution in [0.5, 0.6) is 5.75 Å². The second kappa shape index (κ2) is 8.54. The summed E-state index contributed by atoms with van der Waals surface area (Å²) < 4.78 is 16.1. The van der Waals surface area contributed by atoms with Gasteiger partial charge in [0.2, 0.25) is 5.91 Å². The standard InChI is InChI=1S/C20H26N2O5/c1-13-15-4-5-17(25-3)14(2)19(15)27-20(24)16(13)12-18(23)21-6-7-22-8-10-26-11-9-22/h4-5H,6-12H2,1-3H3,(H,21,23). The van der Waals surface area contributed by atoms with Gasteiger partial charge in [0.15, 0.2) is 0 Å². The molecule has 0 atom stereocenters. The average molecular weight is 374 g/mol. The summed E-state index contributed by atoms with van der Waals surface area (Å²) in [5.41, 5.74) is 1.98. The molecule has 0 aliphatic carbocycles. The third-order valence-electron chi connectivity index (χ3n) is 5.07. The van der Waals surface area contributed by atoms with Gasteiger partial charge in [-0.15, -0.1) is 0 Å². The molecule has 7 nitrogen and oxygen atoms in total. The van der Waals surface area contributed by atoms with Crippen molar-refractivity contribution in [1.82, 2.24) is 10.2 Å². The van der Waals surface area contributed by atoms with E-state index in [2.05, 4.69) is 10.2 Å². The Labute approximate surface area is 158 Å². The lowest BCUT2D eigenvalue weighted by molar-refractivity contribution is -0.120. The van der Waals surface area contributed by atoms with Crippen LogP contribution in [0.1, 0.15) is 16.7 Å². The molecule has 1 fully saturated rings. The third-order valence-corrected chi connectivity index (χ3v) is 5.07. The van der Waals surface area contributed by atoms with E-state index in [1.54, 1.807) is 7.11 Å². The van der Waals surface area contributed by atoms with Crippen molar-refractivity contribution in [3.05, 3.63) is 39.2 Å². The lowest BCUT2D eigenvalue weighted by Crippen LogP contribution is -2.41. The molecule has 7 heteroatoms. The quantitative estimate of drug-likeness (QED) is 0.770. The van der Waals surface area contributed by atoms with Crippen molar-refractivity contribution in [3.8, 4) is 5.75 Å². The minimum atomic E-state index is -0.473. The van der Waals surface area contributed by atoms with Gasteiger partial charge in [0.25, 0.3) is 0 Å². The van der Waals surface area contributed by atoms with Crippen molar-refractivity contribution < 1.29 is 18.7 Å². The first-order chi connectivity index (χ1) is 13.0. The van der Waals surface area contributed by atoms with Crippen LogP contribution in [0.4, 0.5) is 0 Å². The highest BCUT2D eigenvalue weighted by Crippen LogP contribution is 2.29. The highest BCUT2D eigenvalue weighted by molar-refractivity contribution is 5.87. The number of carbonyl (C=O) groups excluding carboxylic acids is 1. The fraction of sp³-hybridized carbons (Fsp3) is 0.500. The van der Waals surface area contributed by atoms with Crippen LogP contribution < -0.4 is 15.7 Å². The van der Waals surface area contributed by atoms with E-state index in [4.69, 9.17) is 13.9 Å². The van der Waals surface area contributed by atoms with E-state index in [-0.39, 0.29) is 12.3 Å². The highest BCUT2D eigenvalue weighted by Gasteiger charge is 2.17. The number of aryl methyl sites for hydroxylation is 2. The van der Waals surface area contributed by atoms with E-state index >= 15 is 0 Å². The predicted molar refractivity (Wildman–Crippen MR) is 102 cm³/mol. The molecule has 3 rings (SSSR count). The molecule has 1 aliphatic rings. The first-order valence-electron chi connectivity index (χ1n) is 9.18. The number of benzene rings is 1. The van der Waals surface area contributed by atoms with Gasteiger partial charge in [0.1, 0.15) is 11.3 Å². The second-order valence-electron chi connectivity index (χ2n) is 6.74. The van der Waals surface area contributed by atoms with Crippen LogP contribution in [-0.4, -0.2) is 57.3 Å². The number of fused-ring (bicyclic) bond motifs is 1. The number of amides is 1. The Kier molecular flexibility index (Phi) is 6.13. The smallest absolute Gasteiger partial charge is 0.340 e. The summed E-state index contributed by atoms with van der Waals surface area (Å²) in [4.78, 5) is 27.0. The summed E-state index contributed by atoms with van der Waals surface area (Å²) in [5.74, 6) is 0.488. The first kappa shape index (κ1) is 19.4. The van der Waals surface area contributed by atoms with Gasteiger partial charge < -0.3 is 19.2 Å². The summed E-state index contributed by atoms with van der Waals surface area (Å²) in [7, 11) is 1.58. The van der Waals surface area contributed by atoms with Crippen LogP contribution in [0, 0.1) is 13.8 Å². The van der Waals surface area contributed by atoms with Gasteiger partial charge >= 0.3 is 5.63 Å². The monoisotopic (exact) mass is 374 g/mol. The third kappa shape index (κ3) is 4.31. The summed E-state index contributed by atoms with van der Waals surface area (Å²) in [6, 6.07) is 3.70. The Morgan fingerprint density at radius 3 is 2.67 bits per heavy atom. The van der Waals surface area contributed by atoms with Gasteiger partial charge in [-0.25, -0.2) is 4.79 Å². The molecule has 1 aromatic heterocycles. The van der Waals surface area contributed by atoms with E-state index < -0.39 is 5.63 Å². The van der Waals surface area contributed by atoms with Crippen molar-refractivity contribution in [2.24, 2.45) is 0 Å². The van der Waals surface area contributed by atoms with Gasteiger partial charge in [-0.2, -0.15) is 0 Å². The minimum Gasteiger partial charge on any atom is -0.496 e. The zero-order chi connectivity index (χ0) is 19.4.